The van der Waals surface area contributed by atoms with E-state index in [1.807, 2.05) is 19.1 Å². The number of ether oxygens (including phenoxy) is 1. The van der Waals surface area contributed by atoms with E-state index in [1.165, 1.54) is 22.2 Å². The monoisotopic (exact) mass is 269 g/mol. The molecule has 1 atom stereocenters. The van der Waals surface area contributed by atoms with E-state index in [2.05, 4.69) is 23.2 Å². The average Bonchev–Trinajstić information content (AvgIpc) is 2.84. The molecule has 3 heteroatoms. The molecule has 104 valence electrons. The van der Waals surface area contributed by atoms with Gasteiger partial charge in [0.05, 0.1) is 6.61 Å². The third-order valence-electron chi connectivity index (χ3n) is 3.91. The number of benzene rings is 1. The number of nitrogens with one attached hydrogen (secondary N) is 1. The van der Waals surface area contributed by atoms with Crippen molar-refractivity contribution < 1.29 is 9.53 Å². The van der Waals surface area contributed by atoms with Crippen molar-refractivity contribution in [2.75, 3.05) is 6.61 Å². The number of esters is 1. The minimum atomic E-state index is -0.254. The Balaban J connectivity index is 1.92. The summed E-state index contributed by atoms with van der Waals surface area (Å²) in [6.45, 7) is 2.24. The summed E-state index contributed by atoms with van der Waals surface area (Å²) >= 11 is 0. The second-order valence-corrected chi connectivity index (χ2v) is 5.17. The Morgan fingerprint density at radius 2 is 2.30 bits per heavy atom. The van der Waals surface area contributed by atoms with Gasteiger partial charge in [0.25, 0.3) is 0 Å². The summed E-state index contributed by atoms with van der Waals surface area (Å²) in [4.78, 5) is 15.0. The molecule has 1 aromatic carbocycles. The van der Waals surface area contributed by atoms with Gasteiger partial charge < -0.3 is 9.72 Å². The molecule has 0 amide bonds. The normalized spacial score (nSPS) is 18.4. The van der Waals surface area contributed by atoms with Crippen molar-refractivity contribution in [3.8, 4) is 0 Å². The van der Waals surface area contributed by atoms with Gasteiger partial charge in [0.2, 0.25) is 0 Å². The van der Waals surface area contributed by atoms with Gasteiger partial charge in [-0.3, -0.25) is 0 Å². The Bertz CT molecular complexity index is 654. The fourth-order valence-corrected chi connectivity index (χ4v) is 3.03. The summed E-state index contributed by atoms with van der Waals surface area (Å²) in [5.41, 5.74) is 3.86. The minimum Gasteiger partial charge on any atom is -0.463 e. The van der Waals surface area contributed by atoms with E-state index in [0.717, 1.165) is 19.3 Å². The lowest BCUT2D eigenvalue weighted by Crippen LogP contribution is -2.08. The Morgan fingerprint density at radius 1 is 1.45 bits per heavy atom. The highest BCUT2D eigenvalue weighted by molar-refractivity contribution is 5.85. The smallest absolute Gasteiger partial charge is 0.330 e. The Hall–Kier alpha value is -2.03. The maximum Gasteiger partial charge on any atom is 0.330 e. The summed E-state index contributed by atoms with van der Waals surface area (Å²) in [6.07, 6.45) is 6.89. The molecule has 0 saturated heterocycles. The number of aryl methyl sites for hydroxylation is 1. The first-order valence-corrected chi connectivity index (χ1v) is 7.24. The first-order chi connectivity index (χ1) is 9.79. The van der Waals surface area contributed by atoms with Gasteiger partial charge in [-0.1, -0.05) is 24.3 Å². The zero-order valence-corrected chi connectivity index (χ0v) is 11.7. The average molecular weight is 269 g/mol. The van der Waals surface area contributed by atoms with E-state index in [0.29, 0.717) is 6.61 Å². The van der Waals surface area contributed by atoms with Crippen molar-refractivity contribution in [2.45, 2.75) is 32.1 Å². The van der Waals surface area contributed by atoms with Gasteiger partial charge >= 0.3 is 5.97 Å². The first-order valence-electron chi connectivity index (χ1n) is 7.24. The van der Waals surface area contributed by atoms with Crippen LogP contribution in [-0.2, 0) is 16.0 Å². The van der Waals surface area contributed by atoms with Crippen LogP contribution in [-0.4, -0.2) is 17.6 Å². The largest absolute Gasteiger partial charge is 0.463 e. The third kappa shape index (κ3) is 2.36. The topological polar surface area (TPSA) is 42.1 Å². The van der Waals surface area contributed by atoms with Crippen molar-refractivity contribution in [2.24, 2.45) is 0 Å². The van der Waals surface area contributed by atoms with Crippen LogP contribution >= 0.6 is 0 Å². The number of allylic oxidation sites excluding steroid dienone is 1. The fraction of sp³-hybridized carbons (Fsp3) is 0.353. The maximum atomic E-state index is 11.5. The lowest BCUT2D eigenvalue weighted by Gasteiger charge is -2.19. The molecule has 0 bridgehead atoms. The summed E-state index contributed by atoms with van der Waals surface area (Å²) in [5, 5.41) is 1.32. The third-order valence-corrected chi connectivity index (χ3v) is 3.91. The SMILES string of the molecule is CCOC(=O)/C=C/[C@@H]1CCCc2c1[nH]c1ccccc21. The quantitative estimate of drug-likeness (QED) is 0.681. The van der Waals surface area contributed by atoms with E-state index in [9.17, 15) is 4.79 Å². The number of carbonyl (C=O) groups excluding carboxylic acids is 1. The molecular formula is C17H19NO2. The molecule has 0 aliphatic heterocycles. The zero-order valence-electron chi connectivity index (χ0n) is 11.7. The summed E-state index contributed by atoms with van der Waals surface area (Å²) in [5.74, 6) is 0.0336. The van der Waals surface area contributed by atoms with Crippen LogP contribution in [0.1, 0.15) is 36.9 Å². The van der Waals surface area contributed by atoms with Crippen LogP contribution in [0.4, 0.5) is 0 Å². The Kier molecular flexibility index (Phi) is 3.59. The lowest BCUT2D eigenvalue weighted by molar-refractivity contribution is -0.137. The number of rotatable bonds is 3. The van der Waals surface area contributed by atoms with Crippen molar-refractivity contribution in [1.82, 2.24) is 4.98 Å². The highest BCUT2D eigenvalue weighted by Gasteiger charge is 2.22. The van der Waals surface area contributed by atoms with Crippen LogP contribution in [0.15, 0.2) is 36.4 Å². The Morgan fingerprint density at radius 3 is 3.15 bits per heavy atom. The standard InChI is InChI=1S/C17H19NO2/c1-2-20-16(19)11-10-12-6-5-8-14-13-7-3-4-9-15(13)18-17(12)14/h3-4,7,9-12,18H,2,5-6,8H2,1H3/b11-10+/t12-/m0/s1. The van der Waals surface area contributed by atoms with Gasteiger partial charge in [0.1, 0.15) is 0 Å². The van der Waals surface area contributed by atoms with Crippen molar-refractivity contribution in [3.05, 3.63) is 47.7 Å². The number of para-hydroxylation sites is 1. The first kappa shape index (κ1) is 13.0. The van der Waals surface area contributed by atoms with Gasteiger partial charge in [-0.2, -0.15) is 0 Å². The van der Waals surface area contributed by atoms with Gasteiger partial charge in [-0.25, -0.2) is 4.79 Å². The van der Waals surface area contributed by atoms with Crippen LogP contribution in [0.3, 0.4) is 0 Å². The molecule has 3 rings (SSSR count). The molecule has 1 aliphatic rings. The van der Waals surface area contributed by atoms with Crippen LogP contribution in [0.5, 0.6) is 0 Å². The van der Waals surface area contributed by atoms with Gasteiger partial charge in [-0.15, -0.1) is 0 Å². The zero-order chi connectivity index (χ0) is 13.9. The van der Waals surface area contributed by atoms with E-state index < -0.39 is 0 Å². The highest BCUT2D eigenvalue weighted by atomic mass is 16.5. The molecule has 0 spiro atoms. The van der Waals surface area contributed by atoms with E-state index in [-0.39, 0.29) is 11.9 Å². The number of aromatic nitrogens is 1. The predicted octanol–water partition coefficient (Wildman–Crippen LogP) is 3.71. The molecule has 20 heavy (non-hydrogen) atoms. The lowest BCUT2D eigenvalue weighted by atomic mass is 9.86. The summed E-state index contributed by atoms with van der Waals surface area (Å²) in [7, 11) is 0. The molecule has 0 fully saturated rings. The second-order valence-electron chi connectivity index (χ2n) is 5.17. The minimum absolute atomic E-state index is 0.254. The molecule has 2 aromatic rings. The summed E-state index contributed by atoms with van der Waals surface area (Å²) < 4.78 is 4.94. The molecule has 1 heterocycles. The van der Waals surface area contributed by atoms with E-state index in [4.69, 9.17) is 4.74 Å². The van der Waals surface area contributed by atoms with Crippen LogP contribution < -0.4 is 0 Å². The molecule has 3 nitrogen and oxygen atoms in total. The number of hydrogen-bond acceptors (Lipinski definition) is 2. The van der Waals surface area contributed by atoms with Crippen LogP contribution in [0.25, 0.3) is 10.9 Å². The van der Waals surface area contributed by atoms with Gasteiger partial charge in [0.15, 0.2) is 0 Å². The number of H-pyrrole nitrogens is 1. The molecular weight excluding hydrogens is 250 g/mol. The van der Waals surface area contributed by atoms with Crippen molar-refractivity contribution >= 4 is 16.9 Å². The van der Waals surface area contributed by atoms with Crippen molar-refractivity contribution in [1.29, 1.82) is 0 Å². The number of hydrogen-bond donors (Lipinski definition) is 1. The molecule has 1 aromatic heterocycles. The van der Waals surface area contributed by atoms with Crippen LogP contribution in [0.2, 0.25) is 0 Å². The molecule has 0 radical (unpaired) electrons. The summed E-state index contributed by atoms with van der Waals surface area (Å²) in [6, 6.07) is 8.41. The predicted molar refractivity (Wildman–Crippen MR) is 79.8 cm³/mol. The van der Waals surface area contributed by atoms with Crippen molar-refractivity contribution in [3.63, 3.8) is 0 Å². The highest BCUT2D eigenvalue weighted by Crippen LogP contribution is 2.36. The molecule has 0 unspecified atom stereocenters. The van der Waals surface area contributed by atoms with E-state index >= 15 is 0 Å². The molecule has 0 saturated carbocycles. The molecule has 1 aliphatic carbocycles. The molecule has 1 N–H and O–H groups in total. The van der Waals surface area contributed by atoms with Gasteiger partial charge in [-0.05, 0) is 37.8 Å². The maximum absolute atomic E-state index is 11.5. The second kappa shape index (κ2) is 5.53. The Labute approximate surface area is 118 Å². The van der Waals surface area contributed by atoms with E-state index in [1.54, 1.807) is 6.08 Å². The fourth-order valence-electron chi connectivity index (χ4n) is 3.03. The number of aromatic amines is 1. The van der Waals surface area contributed by atoms with Gasteiger partial charge in [0, 0.05) is 28.6 Å². The number of fused-ring (bicyclic) bond motifs is 3. The number of carbonyl (C=O) groups is 1. The van der Waals surface area contributed by atoms with Crippen LogP contribution in [0, 0.1) is 0 Å².